The number of thiazole rings is 1. The molecule has 122 valence electrons. The van der Waals surface area contributed by atoms with Gasteiger partial charge in [-0.3, -0.25) is 4.90 Å². The number of ether oxygens (including phenoxy) is 1. The van der Waals surface area contributed by atoms with Crippen molar-refractivity contribution in [3.8, 4) is 5.88 Å². The van der Waals surface area contributed by atoms with E-state index in [9.17, 15) is 5.11 Å². The monoisotopic (exact) mass is 350 g/mol. The normalized spacial score (nSPS) is 17.8. The highest BCUT2D eigenvalue weighted by Gasteiger charge is 2.31. The number of thiophene rings is 1. The lowest BCUT2D eigenvalue weighted by atomic mass is 10.1. The van der Waals surface area contributed by atoms with E-state index in [1.165, 1.54) is 16.2 Å². The molecule has 1 aliphatic heterocycles. The number of morpholine rings is 1. The highest BCUT2D eigenvalue weighted by Crippen LogP contribution is 2.41. The minimum atomic E-state index is 0.0393. The Kier molecular flexibility index (Phi) is 4.06. The van der Waals surface area contributed by atoms with Gasteiger partial charge in [0.1, 0.15) is 0 Å². The van der Waals surface area contributed by atoms with Gasteiger partial charge in [0.05, 0.1) is 24.1 Å². The smallest absolute Gasteiger partial charge is 0.230 e. The Labute approximate surface area is 142 Å². The van der Waals surface area contributed by atoms with E-state index in [0.29, 0.717) is 0 Å². The lowest BCUT2D eigenvalue weighted by molar-refractivity contribution is 0.0247. The summed E-state index contributed by atoms with van der Waals surface area (Å²) in [4.78, 5) is 9.74. The quantitative estimate of drug-likeness (QED) is 0.783. The number of fused-ring (bicyclic) bond motifs is 1. The minimum Gasteiger partial charge on any atom is -0.492 e. The fourth-order valence-corrected chi connectivity index (χ4v) is 4.94. The lowest BCUT2D eigenvalue weighted by Gasteiger charge is -2.33. The van der Waals surface area contributed by atoms with Crippen LogP contribution in [0.4, 0.5) is 0 Å². The molecule has 23 heavy (non-hydrogen) atoms. The number of aryl methyl sites for hydroxylation is 1. The minimum absolute atomic E-state index is 0.0393. The van der Waals surface area contributed by atoms with Crippen LogP contribution in [0.3, 0.4) is 0 Å². The number of aromatic hydroxyl groups is 1. The third-order valence-electron chi connectivity index (χ3n) is 4.03. The van der Waals surface area contributed by atoms with E-state index in [1.54, 1.807) is 15.9 Å². The van der Waals surface area contributed by atoms with Gasteiger partial charge in [0.2, 0.25) is 10.8 Å². The van der Waals surface area contributed by atoms with Crippen molar-refractivity contribution in [2.45, 2.75) is 19.4 Å². The molecule has 1 unspecified atom stereocenters. The van der Waals surface area contributed by atoms with Crippen molar-refractivity contribution in [3.63, 3.8) is 0 Å². The summed E-state index contributed by atoms with van der Waals surface area (Å²) in [5.74, 6) is 0.972. The third kappa shape index (κ3) is 2.65. The summed E-state index contributed by atoms with van der Waals surface area (Å²) in [5.41, 5.74) is 0. The third-order valence-corrected chi connectivity index (χ3v) is 6.03. The van der Waals surface area contributed by atoms with Gasteiger partial charge in [-0.15, -0.1) is 16.4 Å². The van der Waals surface area contributed by atoms with Crippen LogP contribution in [0.2, 0.25) is 0 Å². The van der Waals surface area contributed by atoms with E-state index in [-0.39, 0.29) is 11.9 Å². The largest absolute Gasteiger partial charge is 0.492 e. The molecule has 0 amide bonds. The fourth-order valence-electron chi connectivity index (χ4n) is 2.88. The first kappa shape index (κ1) is 15.1. The molecule has 3 aromatic rings. The average molecular weight is 350 g/mol. The van der Waals surface area contributed by atoms with Crippen LogP contribution in [-0.2, 0) is 11.2 Å². The summed E-state index contributed by atoms with van der Waals surface area (Å²) in [5, 5.41) is 17.2. The molecule has 8 heteroatoms. The van der Waals surface area contributed by atoms with Crippen molar-refractivity contribution in [1.29, 1.82) is 0 Å². The van der Waals surface area contributed by atoms with Crippen LogP contribution in [0.15, 0.2) is 17.5 Å². The van der Waals surface area contributed by atoms with Crippen LogP contribution in [0.1, 0.15) is 28.5 Å². The van der Waals surface area contributed by atoms with E-state index >= 15 is 0 Å². The van der Waals surface area contributed by atoms with E-state index in [4.69, 9.17) is 4.74 Å². The molecule has 3 aromatic heterocycles. The molecule has 0 radical (unpaired) electrons. The summed E-state index contributed by atoms with van der Waals surface area (Å²) in [6, 6.07) is 4.21. The number of rotatable bonds is 4. The maximum atomic E-state index is 10.7. The van der Waals surface area contributed by atoms with Crippen molar-refractivity contribution in [1.82, 2.24) is 19.5 Å². The summed E-state index contributed by atoms with van der Waals surface area (Å²) in [7, 11) is 0. The summed E-state index contributed by atoms with van der Waals surface area (Å²) in [6.45, 7) is 5.18. The number of nitrogens with zero attached hydrogens (tertiary/aromatic N) is 4. The van der Waals surface area contributed by atoms with Crippen LogP contribution >= 0.6 is 22.7 Å². The molecule has 4 heterocycles. The summed E-state index contributed by atoms with van der Waals surface area (Å²) >= 11 is 3.24. The molecule has 0 spiro atoms. The van der Waals surface area contributed by atoms with Gasteiger partial charge in [-0.2, -0.15) is 4.52 Å². The molecular weight excluding hydrogens is 332 g/mol. The van der Waals surface area contributed by atoms with Crippen LogP contribution in [0, 0.1) is 0 Å². The Balaban J connectivity index is 1.79. The van der Waals surface area contributed by atoms with Crippen molar-refractivity contribution in [3.05, 3.63) is 33.1 Å². The van der Waals surface area contributed by atoms with Gasteiger partial charge >= 0.3 is 0 Å². The van der Waals surface area contributed by atoms with Crippen LogP contribution in [0.25, 0.3) is 4.96 Å². The predicted octanol–water partition coefficient (Wildman–Crippen LogP) is 2.54. The first-order valence-corrected chi connectivity index (χ1v) is 9.40. The van der Waals surface area contributed by atoms with Crippen LogP contribution in [-0.4, -0.2) is 50.9 Å². The SMILES string of the molecule is CCc1nc2sc(C(c3cccs3)N3CCOCC3)c(O)n2n1. The highest BCUT2D eigenvalue weighted by atomic mass is 32.1. The van der Waals surface area contributed by atoms with E-state index in [2.05, 4.69) is 32.5 Å². The maximum Gasteiger partial charge on any atom is 0.230 e. The fraction of sp³-hybridized carbons (Fsp3) is 0.467. The van der Waals surface area contributed by atoms with Gasteiger partial charge in [0.15, 0.2) is 5.82 Å². The van der Waals surface area contributed by atoms with Crippen LogP contribution in [0.5, 0.6) is 5.88 Å². The topological polar surface area (TPSA) is 62.9 Å². The van der Waals surface area contributed by atoms with Crippen molar-refractivity contribution >= 4 is 27.6 Å². The van der Waals surface area contributed by atoms with Gasteiger partial charge in [0.25, 0.3) is 0 Å². The predicted molar refractivity (Wildman–Crippen MR) is 90.5 cm³/mol. The average Bonchev–Trinajstić information content (AvgIpc) is 3.29. The standard InChI is InChI=1S/C15H18N4O2S2/c1-2-11-16-15-19(17-11)14(20)13(23-15)12(10-4-3-9-22-10)18-5-7-21-8-6-18/h3-4,9,12,20H,2,5-8H2,1H3. The molecular formula is C15H18N4O2S2. The Morgan fingerprint density at radius 2 is 2.22 bits per heavy atom. The zero-order valence-electron chi connectivity index (χ0n) is 12.8. The zero-order chi connectivity index (χ0) is 15.8. The first-order valence-electron chi connectivity index (χ1n) is 7.70. The Morgan fingerprint density at radius 1 is 1.39 bits per heavy atom. The molecule has 1 N–H and O–H groups in total. The number of hydrogen-bond acceptors (Lipinski definition) is 7. The molecule has 0 bridgehead atoms. The Morgan fingerprint density at radius 3 is 2.87 bits per heavy atom. The maximum absolute atomic E-state index is 10.7. The van der Waals surface area contributed by atoms with Gasteiger partial charge in [-0.1, -0.05) is 24.3 Å². The second kappa shape index (κ2) is 6.20. The first-order chi connectivity index (χ1) is 11.3. The van der Waals surface area contributed by atoms with Crippen molar-refractivity contribution < 1.29 is 9.84 Å². The molecule has 1 fully saturated rings. The van der Waals surface area contributed by atoms with Gasteiger partial charge < -0.3 is 9.84 Å². The van der Waals surface area contributed by atoms with Gasteiger partial charge in [0, 0.05) is 24.4 Å². The van der Waals surface area contributed by atoms with Gasteiger partial charge in [-0.25, -0.2) is 4.98 Å². The number of hydrogen-bond donors (Lipinski definition) is 1. The second-order valence-corrected chi connectivity index (χ2v) is 7.42. The van der Waals surface area contributed by atoms with E-state index in [0.717, 1.165) is 48.4 Å². The Hall–Kier alpha value is -1.48. The molecule has 1 atom stereocenters. The molecule has 1 saturated heterocycles. The van der Waals surface area contributed by atoms with Gasteiger partial charge in [-0.05, 0) is 11.4 Å². The Bertz CT molecular complexity index is 790. The molecule has 0 aliphatic carbocycles. The van der Waals surface area contributed by atoms with Crippen molar-refractivity contribution in [2.75, 3.05) is 26.3 Å². The molecule has 4 rings (SSSR count). The molecule has 6 nitrogen and oxygen atoms in total. The number of aromatic nitrogens is 3. The van der Waals surface area contributed by atoms with Crippen LogP contribution < -0.4 is 0 Å². The lowest BCUT2D eigenvalue weighted by Crippen LogP contribution is -2.39. The zero-order valence-corrected chi connectivity index (χ0v) is 14.4. The molecule has 0 aromatic carbocycles. The molecule has 1 aliphatic rings. The van der Waals surface area contributed by atoms with E-state index in [1.807, 2.05) is 6.92 Å². The van der Waals surface area contributed by atoms with Crippen molar-refractivity contribution in [2.24, 2.45) is 0 Å². The summed E-state index contributed by atoms with van der Waals surface area (Å²) in [6.07, 6.45) is 0.765. The summed E-state index contributed by atoms with van der Waals surface area (Å²) < 4.78 is 7.05. The van der Waals surface area contributed by atoms with E-state index < -0.39 is 0 Å². The molecule has 0 saturated carbocycles. The highest BCUT2D eigenvalue weighted by molar-refractivity contribution is 7.17. The second-order valence-electron chi connectivity index (χ2n) is 5.43.